The molecule has 0 aliphatic carbocycles. The summed E-state index contributed by atoms with van der Waals surface area (Å²) in [4.78, 5) is 44.2. The molecule has 0 bridgehead atoms. The van der Waals surface area contributed by atoms with Crippen molar-refractivity contribution < 1.29 is 32.4 Å². The van der Waals surface area contributed by atoms with Crippen LogP contribution < -0.4 is 0 Å². The van der Waals surface area contributed by atoms with Gasteiger partial charge in [-0.15, -0.1) is 11.3 Å². The van der Waals surface area contributed by atoms with E-state index in [1.807, 2.05) is 0 Å². The van der Waals surface area contributed by atoms with E-state index in [0.29, 0.717) is 11.3 Å². The molecular formula is C14H7F3N2O4S. The van der Waals surface area contributed by atoms with Crippen LogP contribution in [-0.2, 0) is 11.3 Å². The van der Waals surface area contributed by atoms with Crippen molar-refractivity contribution in [2.45, 2.75) is 12.6 Å². The number of fused-ring (bicyclic) bond motifs is 1. The van der Waals surface area contributed by atoms with Gasteiger partial charge in [0.1, 0.15) is 5.01 Å². The molecule has 0 saturated heterocycles. The van der Waals surface area contributed by atoms with Gasteiger partial charge in [-0.25, -0.2) is 9.78 Å². The average molecular weight is 356 g/mol. The van der Waals surface area contributed by atoms with E-state index in [0.717, 1.165) is 5.38 Å². The Morgan fingerprint density at radius 3 is 2.29 bits per heavy atom. The Morgan fingerprint density at radius 2 is 1.75 bits per heavy atom. The van der Waals surface area contributed by atoms with Crippen LogP contribution in [0.1, 0.15) is 36.2 Å². The molecule has 24 heavy (non-hydrogen) atoms. The Labute approximate surface area is 136 Å². The van der Waals surface area contributed by atoms with E-state index in [1.54, 1.807) is 12.1 Å². The summed E-state index contributed by atoms with van der Waals surface area (Å²) in [5.41, 5.74) is -0.256. The second-order valence-electron chi connectivity index (χ2n) is 4.75. The van der Waals surface area contributed by atoms with E-state index in [1.165, 1.54) is 12.1 Å². The molecule has 2 aromatic rings. The summed E-state index contributed by atoms with van der Waals surface area (Å²) < 4.78 is 36.9. The molecule has 3 rings (SSSR count). The SMILES string of the molecule is O=C(ON1C(=O)c2ccccc2C1=O)c1csc(CC(F)(F)F)n1. The number of alkyl halides is 3. The molecule has 0 saturated carbocycles. The van der Waals surface area contributed by atoms with E-state index in [2.05, 4.69) is 4.98 Å². The second kappa shape index (κ2) is 5.71. The lowest BCUT2D eigenvalue weighted by Crippen LogP contribution is -2.32. The molecule has 0 spiro atoms. The van der Waals surface area contributed by atoms with Gasteiger partial charge in [0.15, 0.2) is 5.69 Å². The monoisotopic (exact) mass is 356 g/mol. The van der Waals surface area contributed by atoms with Crippen LogP contribution in [-0.4, -0.2) is 34.0 Å². The Balaban J connectivity index is 1.75. The number of aromatic nitrogens is 1. The van der Waals surface area contributed by atoms with Gasteiger partial charge < -0.3 is 4.84 Å². The Hall–Kier alpha value is -2.75. The van der Waals surface area contributed by atoms with Crippen LogP contribution in [0.25, 0.3) is 0 Å². The maximum atomic E-state index is 12.3. The summed E-state index contributed by atoms with van der Waals surface area (Å²) in [7, 11) is 0. The number of thiazole rings is 1. The highest BCUT2D eigenvalue weighted by atomic mass is 32.1. The smallest absolute Gasteiger partial charge is 0.322 e. The van der Waals surface area contributed by atoms with Crippen LogP contribution in [0.15, 0.2) is 29.6 Å². The number of amides is 2. The van der Waals surface area contributed by atoms with Crippen LogP contribution >= 0.6 is 11.3 Å². The average Bonchev–Trinajstić information content (AvgIpc) is 3.05. The fourth-order valence-electron chi connectivity index (χ4n) is 2.04. The van der Waals surface area contributed by atoms with Crippen LogP contribution in [0.5, 0.6) is 0 Å². The molecule has 1 aromatic heterocycles. The molecule has 0 atom stereocenters. The van der Waals surface area contributed by atoms with Crippen LogP contribution in [0.4, 0.5) is 13.2 Å². The molecule has 0 N–H and O–H groups in total. The maximum absolute atomic E-state index is 12.3. The maximum Gasteiger partial charge on any atom is 0.395 e. The molecule has 6 nitrogen and oxygen atoms in total. The van der Waals surface area contributed by atoms with E-state index in [-0.39, 0.29) is 21.2 Å². The zero-order valence-corrected chi connectivity index (χ0v) is 12.5. The largest absolute Gasteiger partial charge is 0.395 e. The third kappa shape index (κ3) is 3.00. The van der Waals surface area contributed by atoms with Gasteiger partial charge >= 0.3 is 12.1 Å². The molecule has 2 amide bonds. The van der Waals surface area contributed by atoms with E-state index in [4.69, 9.17) is 4.84 Å². The van der Waals surface area contributed by atoms with E-state index < -0.39 is 36.1 Å². The van der Waals surface area contributed by atoms with Gasteiger partial charge in [0.2, 0.25) is 0 Å². The lowest BCUT2D eigenvalue weighted by molar-refractivity contribution is -0.127. The van der Waals surface area contributed by atoms with Crippen molar-refractivity contribution in [3.8, 4) is 0 Å². The number of rotatable bonds is 3. The Kier molecular flexibility index (Phi) is 3.84. The zero-order valence-electron chi connectivity index (χ0n) is 11.7. The summed E-state index contributed by atoms with van der Waals surface area (Å²) in [6, 6.07) is 5.87. The first-order valence-electron chi connectivity index (χ1n) is 6.47. The number of hydroxylamine groups is 2. The van der Waals surface area contributed by atoms with Crippen LogP contribution in [0, 0.1) is 0 Å². The first kappa shape index (κ1) is 16.1. The minimum absolute atomic E-state index is 0.0753. The fourth-order valence-corrected chi connectivity index (χ4v) is 2.83. The highest BCUT2D eigenvalue weighted by Crippen LogP contribution is 2.25. The lowest BCUT2D eigenvalue weighted by Gasteiger charge is -2.11. The van der Waals surface area contributed by atoms with Crippen molar-refractivity contribution in [3.63, 3.8) is 0 Å². The van der Waals surface area contributed by atoms with E-state index in [9.17, 15) is 27.6 Å². The number of nitrogens with zero attached hydrogens (tertiary/aromatic N) is 2. The number of imide groups is 1. The number of hydrogen-bond donors (Lipinski definition) is 0. The highest BCUT2D eigenvalue weighted by Gasteiger charge is 2.39. The van der Waals surface area contributed by atoms with Gasteiger partial charge in [-0.1, -0.05) is 17.2 Å². The normalized spacial score (nSPS) is 14.0. The predicted molar refractivity (Wildman–Crippen MR) is 74.2 cm³/mol. The van der Waals surface area contributed by atoms with Crippen molar-refractivity contribution >= 4 is 29.1 Å². The molecular weight excluding hydrogens is 349 g/mol. The fraction of sp³-hybridized carbons (Fsp3) is 0.143. The quantitative estimate of drug-likeness (QED) is 0.790. The molecule has 10 heteroatoms. The van der Waals surface area contributed by atoms with Crippen molar-refractivity contribution in [1.29, 1.82) is 0 Å². The topological polar surface area (TPSA) is 76.6 Å². The first-order valence-corrected chi connectivity index (χ1v) is 7.35. The Morgan fingerprint density at radius 1 is 1.17 bits per heavy atom. The number of benzene rings is 1. The number of hydrogen-bond acceptors (Lipinski definition) is 6. The van der Waals surface area contributed by atoms with Crippen LogP contribution in [0.2, 0.25) is 0 Å². The van der Waals surface area contributed by atoms with Gasteiger partial charge in [-0.2, -0.15) is 13.2 Å². The van der Waals surface area contributed by atoms with Crippen molar-refractivity contribution in [2.24, 2.45) is 0 Å². The summed E-state index contributed by atoms with van der Waals surface area (Å²) in [5, 5.41) is 1.02. The minimum atomic E-state index is -4.46. The summed E-state index contributed by atoms with van der Waals surface area (Å²) in [6.45, 7) is 0. The van der Waals surface area contributed by atoms with Gasteiger partial charge in [0.25, 0.3) is 11.8 Å². The highest BCUT2D eigenvalue weighted by molar-refractivity contribution is 7.09. The standard InChI is InChI=1S/C14H7F3N2O4S/c15-14(16,17)5-10-18-9(6-24-10)13(22)23-19-11(20)7-3-1-2-4-8(7)12(19)21/h1-4,6H,5H2. The van der Waals surface area contributed by atoms with Gasteiger partial charge in [-0.3, -0.25) is 9.59 Å². The lowest BCUT2D eigenvalue weighted by atomic mass is 10.1. The van der Waals surface area contributed by atoms with Crippen LogP contribution in [0.3, 0.4) is 0 Å². The molecule has 0 unspecified atom stereocenters. The first-order chi connectivity index (χ1) is 11.3. The summed E-state index contributed by atoms with van der Waals surface area (Å²) >= 11 is 0.631. The zero-order chi connectivity index (χ0) is 17.5. The third-order valence-electron chi connectivity index (χ3n) is 3.04. The van der Waals surface area contributed by atoms with Gasteiger partial charge in [0, 0.05) is 5.38 Å². The molecule has 1 aliphatic rings. The molecule has 124 valence electrons. The predicted octanol–water partition coefficient (Wildman–Crippen LogP) is 2.62. The second-order valence-corrected chi connectivity index (χ2v) is 5.69. The van der Waals surface area contributed by atoms with E-state index >= 15 is 0 Å². The molecule has 0 fully saturated rings. The van der Waals surface area contributed by atoms with Crippen molar-refractivity contribution in [1.82, 2.24) is 10.0 Å². The number of carbonyl (C=O) groups is 3. The third-order valence-corrected chi connectivity index (χ3v) is 3.89. The summed E-state index contributed by atoms with van der Waals surface area (Å²) in [5.74, 6) is -2.83. The van der Waals surface area contributed by atoms with Crippen molar-refractivity contribution in [2.75, 3.05) is 0 Å². The summed E-state index contributed by atoms with van der Waals surface area (Å²) in [6.07, 6.45) is -5.74. The number of carbonyl (C=O) groups excluding carboxylic acids is 3. The number of halogens is 3. The minimum Gasteiger partial charge on any atom is -0.322 e. The van der Waals surface area contributed by atoms with Gasteiger partial charge in [-0.05, 0) is 12.1 Å². The van der Waals surface area contributed by atoms with Gasteiger partial charge in [0.05, 0.1) is 17.5 Å². The Bertz CT molecular complexity index is 812. The molecule has 1 aromatic carbocycles. The molecule has 1 aliphatic heterocycles. The van der Waals surface area contributed by atoms with Crippen molar-refractivity contribution in [3.05, 3.63) is 51.5 Å². The molecule has 2 heterocycles. The molecule has 0 radical (unpaired) electrons.